The van der Waals surface area contributed by atoms with E-state index in [9.17, 15) is 0 Å². The first-order valence-corrected chi connectivity index (χ1v) is 3.88. The summed E-state index contributed by atoms with van der Waals surface area (Å²) >= 11 is 0. The second-order valence-corrected chi connectivity index (χ2v) is 2.41. The summed E-state index contributed by atoms with van der Waals surface area (Å²) < 4.78 is 5.20. The fourth-order valence-corrected chi connectivity index (χ4v) is 0.928. The van der Waals surface area contributed by atoms with Crippen LogP contribution in [0.15, 0.2) is 29.4 Å². The van der Waals surface area contributed by atoms with Crippen molar-refractivity contribution in [3.8, 4) is 0 Å². The second-order valence-electron chi connectivity index (χ2n) is 2.41. The van der Waals surface area contributed by atoms with E-state index >= 15 is 0 Å². The van der Waals surface area contributed by atoms with Crippen molar-refractivity contribution in [1.82, 2.24) is 0 Å². The third kappa shape index (κ3) is 2.43. The van der Waals surface area contributed by atoms with E-state index in [0.29, 0.717) is 18.9 Å². The van der Waals surface area contributed by atoms with E-state index in [1.54, 1.807) is 12.1 Å². The molecule has 0 saturated carbocycles. The Bertz CT molecular complexity index is 260. The molecule has 1 aromatic rings. The van der Waals surface area contributed by atoms with E-state index in [1.165, 1.54) is 0 Å². The quantitative estimate of drug-likeness (QED) is 0.629. The largest absolute Gasteiger partial charge is 0.706 e. The Kier molecular flexibility index (Phi) is 3.41. The predicted molar refractivity (Wildman–Crippen MR) is 47.2 cm³/mol. The third-order valence-corrected chi connectivity index (χ3v) is 1.50. The van der Waals surface area contributed by atoms with Crippen LogP contribution < -0.4 is 0 Å². The molecule has 0 bridgehead atoms. The van der Waals surface area contributed by atoms with E-state index in [2.05, 4.69) is 5.11 Å². The van der Waals surface area contributed by atoms with E-state index in [1.807, 2.05) is 19.1 Å². The summed E-state index contributed by atoms with van der Waals surface area (Å²) in [5.41, 5.74) is 10.1. The summed E-state index contributed by atoms with van der Waals surface area (Å²) in [4.78, 5) is 0. The lowest BCUT2D eigenvalue weighted by molar-refractivity contribution is 0.134. The van der Waals surface area contributed by atoms with Crippen LogP contribution in [-0.4, -0.2) is 6.61 Å². The average molecular weight is 163 g/mol. The summed E-state index contributed by atoms with van der Waals surface area (Å²) in [6, 6.07) is 7.29. The summed E-state index contributed by atoms with van der Waals surface area (Å²) in [6.45, 7) is 3.21. The maximum Gasteiger partial charge on any atom is 0.0717 e. The zero-order chi connectivity index (χ0) is 8.81. The third-order valence-electron chi connectivity index (χ3n) is 1.50. The zero-order valence-electron chi connectivity index (χ0n) is 7.03. The standard InChI is InChI=1S/C9H11N2O/c1-2-12-7-8-4-3-5-9(6-8)11-10/h3-6H,2,7H2,1H3/q-1. The van der Waals surface area contributed by atoms with Crippen LogP contribution in [0.1, 0.15) is 12.5 Å². The minimum absolute atomic E-state index is 0.562. The highest BCUT2D eigenvalue weighted by molar-refractivity contribution is 5.39. The van der Waals surface area contributed by atoms with Gasteiger partial charge in [-0.3, -0.25) is 0 Å². The van der Waals surface area contributed by atoms with Crippen LogP contribution in [0, 0.1) is 0 Å². The molecule has 0 aromatic heterocycles. The highest BCUT2D eigenvalue weighted by Crippen LogP contribution is 2.14. The van der Waals surface area contributed by atoms with E-state index in [0.717, 1.165) is 5.56 Å². The number of rotatable bonds is 4. The molecule has 0 heterocycles. The van der Waals surface area contributed by atoms with Crippen LogP contribution in [-0.2, 0) is 11.3 Å². The van der Waals surface area contributed by atoms with Gasteiger partial charge in [-0.25, -0.2) is 0 Å². The minimum atomic E-state index is 0.562. The van der Waals surface area contributed by atoms with E-state index < -0.39 is 0 Å². The first kappa shape index (κ1) is 8.87. The van der Waals surface area contributed by atoms with Gasteiger partial charge in [0.25, 0.3) is 0 Å². The second kappa shape index (κ2) is 4.62. The van der Waals surface area contributed by atoms with Gasteiger partial charge in [0.15, 0.2) is 0 Å². The Labute approximate surface area is 71.9 Å². The van der Waals surface area contributed by atoms with Crippen molar-refractivity contribution in [2.75, 3.05) is 6.61 Å². The molecule has 0 aliphatic carbocycles. The van der Waals surface area contributed by atoms with Gasteiger partial charge >= 0.3 is 0 Å². The molecule has 0 spiro atoms. The molecule has 0 aliphatic heterocycles. The molecule has 1 aromatic carbocycles. The highest BCUT2D eigenvalue weighted by Gasteiger charge is 1.91. The zero-order valence-corrected chi connectivity index (χ0v) is 7.03. The number of hydrogen-bond donors (Lipinski definition) is 0. The molecule has 0 N–H and O–H groups in total. The van der Waals surface area contributed by atoms with Crippen molar-refractivity contribution in [2.24, 2.45) is 5.11 Å². The lowest BCUT2D eigenvalue weighted by Crippen LogP contribution is -1.90. The Morgan fingerprint density at radius 2 is 2.33 bits per heavy atom. The van der Waals surface area contributed by atoms with Crippen molar-refractivity contribution >= 4 is 5.69 Å². The molecule has 1 rings (SSSR count). The van der Waals surface area contributed by atoms with Gasteiger partial charge < -0.3 is 15.4 Å². The van der Waals surface area contributed by atoms with Gasteiger partial charge in [-0.2, -0.15) is 0 Å². The summed E-state index contributed by atoms with van der Waals surface area (Å²) in [5.74, 6) is 0. The van der Waals surface area contributed by atoms with Crippen LogP contribution in [0.25, 0.3) is 5.53 Å². The molecule has 0 radical (unpaired) electrons. The fraction of sp³-hybridized carbons (Fsp3) is 0.333. The molecule has 0 saturated heterocycles. The van der Waals surface area contributed by atoms with Crippen molar-refractivity contribution in [1.29, 1.82) is 0 Å². The normalized spacial score (nSPS) is 9.75. The van der Waals surface area contributed by atoms with Crippen LogP contribution in [0.4, 0.5) is 5.69 Å². The van der Waals surface area contributed by atoms with Crippen LogP contribution in [0.2, 0.25) is 0 Å². The number of benzene rings is 1. The molecule has 0 aliphatic rings. The van der Waals surface area contributed by atoms with Gasteiger partial charge in [-0.1, -0.05) is 12.1 Å². The van der Waals surface area contributed by atoms with Gasteiger partial charge in [-0.15, -0.1) is 0 Å². The Hall–Kier alpha value is -1.22. The lowest BCUT2D eigenvalue weighted by Gasteiger charge is -2.03. The van der Waals surface area contributed by atoms with Gasteiger partial charge in [-0.05, 0) is 24.6 Å². The van der Waals surface area contributed by atoms with Crippen molar-refractivity contribution in [3.05, 3.63) is 35.4 Å². The number of nitrogens with zero attached hydrogens (tertiary/aromatic N) is 2. The lowest BCUT2D eigenvalue weighted by atomic mass is 10.2. The molecule has 3 nitrogen and oxygen atoms in total. The van der Waals surface area contributed by atoms with Gasteiger partial charge in [0.1, 0.15) is 0 Å². The summed E-state index contributed by atoms with van der Waals surface area (Å²) in [7, 11) is 0. The monoisotopic (exact) mass is 163 g/mol. The molecule has 64 valence electrons. The maximum absolute atomic E-state index is 8.47. The Morgan fingerprint density at radius 1 is 1.50 bits per heavy atom. The van der Waals surface area contributed by atoms with E-state index in [-0.39, 0.29) is 0 Å². The molecule has 12 heavy (non-hydrogen) atoms. The first-order chi connectivity index (χ1) is 5.86. The molecule has 0 fully saturated rings. The van der Waals surface area contributed by atoms with Gasteiger partial charge in [0, 0.05) is 12.3 Å². The molecule has 3 heteroatoms. The van der Waals surface area contributed by atoms with Gasteiger partial charge in [0.2, 0.25) is 0 Å². The first-order valence-electron chi connectivity index (χ1n) is 3.88. The number of ether oxygens (including phenoxy) is 1. The molecular formula is C9H11N2O-. The van der Waals surface area contributed by atoms with Gasteiger partial charge in [0.05, 0.1) is 6.61 Å². The molecular weight excluding hydrogens is 152 g/mol. The van der Waals surface area contributed by atoms with Crippen LogP contribution >= 0.6 is 0 Å². The van der Waals surface area contributed by atoms with Crippen molar-refractivity contribution in [3.63, 3.8) is 0 Å². The number of hydrogen-bond acceptors (Lipinski definition) is 2. The maximum atomic E-state index is 8.47. The topological polar surface area (TPSA) is 43.9 Å². The SMILES string of the molecule is CCOCc1cccc(N=[N-])c1. The summed E-state index contributed by atoms with van der Waals surface area (Å²) in [5, 5.41) is 3.08. The van der Waals surface area contributed by atoms with Crippen molar-refractivity contribution < 1.29 is 4.74 Å². The summed E-state index contributed by atoms with van der Waals surface area (Å²) in [6.07, 6.45) is 0. The fourth-order valence-electron chi connectivity index (χ4n) is 0.928. The minimum Gasteiger partial charge on any atom is -0.706 e. The van der Waals surface area contributed by atoms with Crippen LogP contribution in [0.5, 0.6) is 0 Å². The smallest absolute Gasteiger partial charge is 0.0717 e. The van der Waals surface area contributed by atoms with Crippen LogP contribution in [0.3, 0.4) is 0 Å². The average Bonchev–Trinajstić information content (AvgIpc) is 2.15. The molecule has 0 atom stereocenters. The highest BCUT2D eigenvalue weighted by atomic mass is 16.5. The van der Waals surface area contributed by atoms with Crippen molar-refractivity contribution in [2.45, 2.75) is 13.5 Å². The molecule has 0 amide bonds. The Morgan fingerprint density at radius 3 is 3.00 bits per heavy atom. The Balaban J connectivity index is 2.66. The molecule has 0 unspecified atom stereocenters. The van der Waals surface area contributed by atoms with E-state index in [4.69, 9.17) is 10.3 Å². The predicted octanol–water partition coefficient (Wildman–Crippen LogP) is 2.88.